The number of benzene rings is 3. The third kappa shape index (κ3) is 3.73. The third-order valence-corrected chi connectivity index (χ3v) is 7.52. The van der Waals surface area contributed by atoms with Gasteiger partial charge in [-0.1, -0.05) is 60.7 Å². The summed E-state index contributed by atoms with van der Waals surface area (Å²) in [5, 5.41) is 0. The van der Waals surface area contributed by atoms with Gasteiger partial charge in [0, 0.05) is 30.7 Å². The van der Waals surface area contributed by atoms with Crippen LogP contribution in [0.3, 0.4) is 0 Å². The third-order valence-electron chi connectivity index (χ3n) is 7.52. The summed E-state index contributed by atoms with van der Waals surface area (Å²) in [5.41, 5.74) is 10.8. The molecule has 0 unspecified atom stereocenters. The summed E-state index contributed by atoms with van der Waals surface area (Å²) < 4.78 is 5.75. The Morgan fingerprint density at radius 1 is 0.906 bits per heavy atom. The number of nitrogen functional groups attached to an aromatic ring is 1. The van der Waals surface area contributed by atoms with E-state index in [4.69, 9.17) is 10.5 Å². The molecular weight excluding hydrogens is 394 g/mol. The van der Waals surface area contributed by atoms with Crippen molar-refractivity contribution in [3.8, 4) is 5.75 Å². The predicted molar refractivity (Wildman–Crippen MR) is 132 cm³/mol. The lowest BCUT2D eigenvalue weighted by atomic mass is 9.70. The van der Waals surface area contributed by atoms with Gasteiger partial charge < -0.3 is 15.4 Å². The van der Waals surface area contributed by atoms with Crippen molar-refractivity contribution in [2.75, 3.05) is 37.9 Å². The van der Waals surface area contributed by atoms with Gasteiger partial charge >= 0.3 is 0 Å². The maximum absolute atomic E-state index is 6.21. The average molecular weight is 428 g/mol. The molecule has 3 saturated heterocycles. The molecule has 2 bridgehead atoms. The largest absolute Gasteiger partial charge is 0.495 e. The van der Waals surface area contributed by atoms with E-state index in [2.05, 4.69) is 83.6 Å². The van der Waals surface area contributed by atoms with E-state index < -0.39 is 0 Å². The van der Waals surface area contributed by atoms with Crippen LogP contribution in [-0.2, 0) is 0 Å². The summed E-state index contributed by atoms with van der Waals surface area (Å²) in [5.74, 6) is 1.84. The van der Waals surface area contributed by atoms with Crippen molar-refractivity contribution in [1.29, 1.82) is 0 Å². The standard InChI is InChI=1S/C28H33N3O/c1-30(24-19-23(29)13-14-25(24)32-2)27-22-15-17-31(18-16-22)28(27)26(20-9-5-3-6-10-20)21-11-7-4-8-12-21/h3-14,19,22,26-28H,15-18,29H2,1-2H3/t27-,28-/m1/s1. The van der Waals surface area contributed by atoms with Gasteiger partial charge in [-0.05, 0) is 61.2 Å². The Morgan fingerprint density at radius 3 is 2.06 bits per heavy atom. The number of ether oxygens (including phenoxy) is 1. The molecule has 3 heterocycles. The molecule has 6 rings (SSSR count). The Balaban J connectivity index is 1.62. The first kappa shape index (κ1) is 20.9. The molecule has 0 amide bonds. The Hall–Kier alpha value is -2.98. The predicted octanol–water partition coefficient (Wildman–Crippen LogP) is 5.01. The highest BCUT2D eigenvalue weighted by Gasteiger charge is 2.48. The molecule has 3 aromatic carbocycles. The van der Waals surface area contributed by atoms with Crippen LogP contribution in [0.1, 0.15) is 29.9 Å². The van der Waals surface area contributed by atoms with Crippen molar-refractivity contribution >= 4 is 11.4 Å². The van der Waals surface area contributed by atoms with Gasteiger partial charge in [-0.15, -0.1) is 0 Å². The summed E-state index contributed by atoms with van der Waals surface area (Å²) in [6, 6.07) is 28.8. The molecule has 32 heavy (non-hydrogen) atoms. The Labute approximate surface area is 191 Å². The van der Waals surface area contributed by atoms with Crippen LogP contribution in [0.2, 0.25) is 0 Å². The van der Waals surface area contributed by atoms with E-state index in [0.29, 0.717) is 23.9 Å². The summed E-state index contributed by atoms with van der Waals surface area (Å²) in [6.45, 7) is 2.34. The lowest BCUT2D eigenvalue weighted by molar-refractivity contribution is 0.0185. The lowest BCUT2D eigenvalue weighted by Gasteiger charge is -2.56. The second-order valence-electron chi connectivity index (χ2n) is 9.20. The van der Waals surface area contributed by atoms with Crippen LogP contribution in [0.25, 0.3) is 0 Å². The van der Waals surface area contributed by atoms with Gasteiger partial charge in [-0.3, -0.25) is 4.90 Å². The Kier molecular flexibility index (Phi) is 5.79. The summed E-state index contributed by atoms with van der Waals surface area (Å²) in [7, 11) is 3.97. The van der Waals surface area contributed by atoms with Crippen molar-refractivity contribution in [1.82, 2.24) is 4.90 Å². The molecule has 0 spiro atoms. The van der Waals surface area contributed by atoms with Gasteiger partial charge in [-0.25, -0.2) is 0 Å². The number of methoxy groups -OCH3 is 1. The fourth-order valence-electron chi connectivity index (χ4n) is 6.06. The minimum absolute atomic E-state index is 0.306. The fourth-order valence-corrected chi connectivity index (χ4v) is 6.06. The van der Waals surface area contributed by atoms with E-state index in [1.54, 1.807) is 7.11 Å². The minimum Gasteiger partial charge on any atom is -0.495 e. The smallest absolute Gasteiger partial charge is 0.142 e. The Morgan fingerprint density at radius 2 is 1.50 bits per heavy atom. The van der Waals surface area contributed by atoms with Crippen LogP contribution in [0.15, 0.2) is 78.9 Å². The van der Waals surface area contributed by atoms with Gasteiger partial charge in [0.1, 0.15) is 5.75 Å². The summed E-state index contributed by atoms with van der Waals surface area (Å²) >= 11 is 0. The summed E-state index contributed by atoms with van der Waals surface area (Å²) in [6.07, 6.45) is 2.48. The SMILES string of the molecule is COc1ccc(N)cc1N(C)[C@@H]1C2CCN(CC2)[C@@H]1C(c1ccccc1)c1ccccc1. The zero-order valence-electron chi connectivity index (χ0n) is 19.0. The van der Waals surface area contributed by atoms with Gasteiger partial charge in [0.15, 0.2) is 0 Å². The second-order valence-corrected chi connectivity index (χ2v) is 9.20. The number of anilines is 2. The van der Waals surface area contributed by atoms with Crippen LogP contribution >= 0.6 is 0 Å². The number of rotatable bonds is 6. The lowest BCUT2D eigenvalue weighted by Crippen LogP contribution is -2.65. The highest BCUT2D eigenvalue weighted by Crippen LogP contribution is 2.46. The molecule has 166 valence electrons. The number of nitrogens with zero attached hydrogens (tertiary/aromatic N) is 2. The number of hydrogen-bond donors (Lipinski definition) is 1. The average Bonchev–Trinajstić information content (AvgIpc) is 2.86. The molecule has 0 aromatic heterocycles. The fraction of sp³-hybridized carbons (Fsp3) is 0.357. The van der Waals surface area contributed by atoms with E-state index in [-0.39, 0.29) is 0 Å². The van der Waals surface area contributed by atoms with Gasteiger partial charge in [0.2, 0.25) is 0 Å². The topological polar surface area (TPSA) is 41.7 Å². The van der Waals surface area contributed by atoms with Crippen LogP contribution in [0.4, 0.5) is 11.4 Å². The van der Waals surface area contributed by atoms with Gasteiger partial charge in [0.05, 0.1) is 12.8 Å². The zero-order valence-corrected chi connectivity index (χ0v) is 19.0. The normalized spacial score (nSPS) is 24.5. The quantitative estimate of drug-likeness (QED) is 0.562. The van der Waals surface area contributed by atoms with Crippen molar-refractivity contribution in [3.05, 3.63) is 90.0 Å². The molecule has 2 atom stereocenters. The van der Waals surface area contributed by atoms with E-state index in [0.717, 1.165) is 17.1 Å². The maximum Gasteiger partial charge on any atom is 0.142 e. The van der Waals surface area contributed by atoms with Crippen LogP contribution < -0.4 is 15.4 Å². The van der Waals surface area contributed by atoms with Crippen LogP contribution in [-0.4, -0.2) is 44.2 Å². The molecule has 0 saturated carbocycles. The Bertz CT molecular complexity index is 992. The number of fused-ring (bicyclic) bond motifs is 3. The monoisotopic (exact) mass is 427 g/mol. The molecule has 3 aromatic rings. The molecule has 4 nitrogen and oxygen atoms in total. The van der Waals surface area contributed by atoms with Crippen molar-refractivity contribution in [2.24, 2.45) is 5.92 Å². The number of piperidine rings is 3. The van der Waals surface area contributed by atoms with Gasteiger partial charge in [0.25, 0.3) is 0 Å². The molecule has 3 fully saturated rings. The zero-order chi connectivity index (χ0) is 22.1. The van der Waals surface area contributed by atoms with Crippen molar-refractivity contribution in [2.45, 2.75) is 30.8 Å². The van der Waals surface area contributed by atoms with E-state index in [9.17, 15) is 0 Å². The molecule has 4 heteroatoms. The first-order chi connectivity index (χ1) is 15.7. The number of hydrogen-bond acceptors (Lipinski definition) is 4. The van der Waals surface area contributed by atoms with E-state index in [1.165, 1.54) is 37.1 Å². The van der Waals surface area contributed by atoms with Gasteiger partial charge in [-0.2, -0.15) is 0 Å². The molecule has 0 aliphatic carbocycles. The van der Waals surface area contributed by atoms with Crippen molar-refractivity contribution in [3.63, 3.8) is 0 Å². The minimum atomic E-state index is 0.306. The highest BCUT2D eigenvalue weighted by atomic mass is 16.5. The summed E-state index contributed by atoms with van der Waals surface area (Å²) in [4.78, 5) is 5.18. The van der Waals surface area contributed by atoms with Crippen LogP contribution in [0, 0.1) is 5.92 Å². The molecule has 3 aliphatic heterocycles. The highest BCUT2D eigenvalue weighted by molar-refractivity contribution is 5.65. The first-order valence-electron chi connectivity index (χ1n) is 11.7. The molecule has 2 N–H and O–H groups in total. The second kappa shape index (κ2) is 8.87. The number of nitrogens with two attached hydrogens (primary N) is 1. The molecular formula is C28H33N3O. The maximum atomic E-state index is 6.21. The van der Waals surface area contributed by atoms with Crippen molar-refractivity contribution < 1.29 is 4.74 Å². The molecule has 0 radical (unpaired) electrons. The number of likely N-dealkylation sites (N-methyl/N-ethyl adjacent to an activating group) is 1. The van der Waals surface area contributed by atoms with E-state index in [1.807, 2.05) is 12.1 Å². The van der Waals surface area contributed by atoms with E-state index >= 15 is 0 Å². The van der Waals surface area contributed by atoms with Crippen LogP contribution in [0.5, 0.6) is 5.75 Å². The first-order valence-corrected chi connectivity index (χ1v) is 11.7. The molecule has 3 aliphatic rings.